The Labute approximate surface area is 191 Å². The molecule has 1 aliphatic rings. The summed E-state index contributed by atoms with van der Waals surface area (Å²) in [7, 11) is 1.63. The third kappa shape index (κ3) is 5.23. The lowest BCUT2D eigenvalue weighted by molar-refractivity contribution is -0.132. The molecule has 0 bridgehead atoms. The number of ether oxygens (including phenoxy) is 3. The molecule has 168 valence electrons. The zero-order chi connectivity index (χ0) is 22.3. The van der Waals surface area contributed by atoms with E-state index < -0.39 is 0 Å². The van der Waals surface area contributed by atoms with Gasteiger partial charge in [0.1, 0.15) is 11.5 Å². The van der Waals surface area contributed by atoms with Gasteiger partial charge in [0.15, 0.2) is 17.1 Å². The van der Waals surface area contributed by atoms with Gasteiger partial charge in [0.2, 0.25) is 5.91 Å². The van der Waals surface area contributed by atoms with Crippen LogP contribution in [-0.4, -0.2) is 64.7 Å². The Kier molecular flexibility index (Phi) is 7.28. The molecule has 2 heterocycles. The van der Waals surface area contributed by atoms with E-state index in [9.17, 15) is 4.79 Å². The van der Waals surface area contributed by atoms with E-state index in [1.54, 1.807) is 7.11 Å². The van der Waals surface area contributed by atoms with Crippen LogP contribution in [0.5, 0.6) is 11.5 Å². The number of morpholine rings is 1. The molecule has 0 spiro atoms. The Bertz CT molecular complexity index is 1020. The number of nitrogens with zero attached hydrogens (tertiary/aromatic N) is 4. The lowest BCUT2D eigenvalue weighted by Crippen LogP contribution is -2.41. The fourth-order valence-corrected chi connectivity index (χ4v) is 4.26. The first-order chi connectivity index (χ1) is 15.7. The molecular weight excluding hydrogens is 428 g/mol. The second-order valence-corrected chi connectivity index (χ2v) is 8.17. The van der Waals surface area contributed by atoms with Crippen LogP contribution in [-0.2, 0) is 9.53 Å². The second-order valence-electron chi connectivity index (χ2n) is 7.23. The summed E-state index contributed by atoms with van der Waals surface area (Å²) < 4.78 is 18.6. The minimum atomic E-state index is -0.361. The summed E-state index contributed by atoms with van der Waals surface area (Å²) in [6.45, 7) is 4.36. The smallest absolute Gasteiger partial charge is 0.233 e. The van der Waals surface area contributed by atoms with Crippen molar-refractivity contribution in [2.45, 2.75) is 18.2 Å². The molecule has 1 fully saturated rings. The van der Waals surface area contributed by atoms with Crippen molar-refractivity contribution >= 4 is 17.7 Å². The highest BCUT2D eigenvalue weighted by molar-refractivity contribution is 7.99. The predicted octanol–water partition coefficient (Wildman–Crippen LogP) is 3.37. The minimum absolute atomic E-state index is 0.0741. The van der Waals surface area contributed by atoms with Crippen molar-refractivity contribution in [2.24, 2.45) is 0 Å². The summed E-state index contributed by atoms with van der Waals surface area (Å²) >= 11 is 1.38. The van der Waals surface area contributed by atoms with Gasteiger partial charge in [0, 0.05) is 18.8 Å². The molecule has 1 atom stereocenters. The Morgan fingerprint density at radius 3 is 2.44 bits per heavy atom. The van der Waals surface area contributed by atoms with Crippen LogP contribution in [0.3, 0.4) is 0 Å². The first kappa shape index (κ1) is 22.2. The van der Waals surface area contributed by atoms with Crippen molar-refractivity contribution in [1.82, 2.24) is 19.7 Å². The first-order valence-corrected chi connectivity index (χ1v) is 11.4. The molecule has 0 N–H and O–H groups in total. The van der Waals surface area contributed by atoms with Gasteiger partial charge in [-0.2, -0.15) is 0 Å². The number of hydrogen-bond acceptors (Lipinski definition) is 7. The molecule has 2 aromatic carbocycles. The number of hydrogen-bond donors (Lipinski definition) is 0. The minimum Gasteiger partial charge on any atom is -0.497 e. The van der Waals surface area contributed by atoms with Gasteiger partial charge in [-0.05, 0) is 43.3 Å². The second kappa shape index (κ2) is 10.5. The zero-order valence-electron chi connectivity index (χ0n) is 18.1. The number of thioether (sulfide) groups is 1. The standard InChI is InChI=1S/C23H26N4O4S/c1-17(31-20-10-8-19(29-2)9-11-20)22-24-25-23(27(22)18-6-4-3-5-7-18)32-16-21(28)26-12-14-30-15-13-26/h3-11,17H,12-16H2,1-2H3. The van der Waals surface area contributed by atoms with Crippen LogP contribution in [0, 0.1) is 0 Å². The van der Waals surface area contributed by atoms with Gasteiger partial charge in [-0.15, -0.1) is 10.2 Å². The van der Waals surface area contributed by atoms with Crippen molar-refractivity contribution in [3.05, 3.63) is 60.4 Å². The Hall–Kier alpha value is -3.04. The fraction of sp³-hybridized carbons (Fsp3) is 0.348. The maximum Gasteiger partial charge on any atom is 0.233 e. The third-order valence-corrected chi connectivity index (χ3v) is 6.01. The van der Waals surface area contributed by atoms with Crippen LogP contribution < -0.4 is 9.47 Å². The topological polar surface area (TPSA) is 78.7 Å². The number of rotatable bonds is 8. The molecule has 1 unspecified atom stereocenters. The molecular formula is C23H26N4O4S. The van der Waals surface area contributed by atoms with E-state index in [-0.39, 0.29) is 12.0 Å². The number of carbonyl (C=O) groups is 1. The maximum absolute atomic E-state index is 12.6. The molecule has 32 heavy (non-hydrogen) atoms. The average molecular weight is 455 g/mol. The molecule has 3 aromatic rings. The van der Waals surface area contributed by atoms with Gasteiger partial charge in [0.05, 0.1) is 26.1 Å². The van der Waals surface area contributed by atoms with Crippen LogP contribution in [0.2, 0.25) is 0 Å². The van der Waals surface area contributed by atoms with Crippen molar-refractivity contribution in [3.63, 3.8) is 0 Å². The highest BCUT2D eigenvalue weighted by atomic mass is 32.2. The summed E-state index contributed by atoms with van der Waals surface area (Å²) in [6.07, 6.45) is -0.361. The molecule has 1 aromatic heterocycles. The molecule has 0 saturated carbocycles. The average Bonchev–Trinajstić information content (AvgIpc) is 3.28. The summed E-state index contributed by atoms with van der Waals surface area (Å²) in [4.78, 5) is 14.4. The quantitative estimate of drug-likeness (QED) is 0.483. The van der Waals surface area contributed by atoms with E-state index >= 15 is 0 Å². The molecule has 0 aliphatic carbocycles. The van der Waals surface area contributed by atoms with E-state index in [1.807, 2.05) is 71.0 Å². The number of amides is 1. The Morgan fingerprint density at radius 2 is 1.75 bits per heavy atom. The number of aromatic nitrogens is 3. The van der Waals surface area contributed by atoms with Crippen LogP contribution in [0.4, 0.5) is 0 Å². The largest absolute Gasteiger partial charge is 0.497 e. The van der Waals surface area contributed by atoms with Crippen LogP contribution >= 0.6 is 11.8 Å². The van der Waals surface area contributed by atoms with Gasteiger partial charge in [0.25, 0.3) is 0 Å². The predicted molar refractivity (Wildman–Crippen MR) is 122 cm³/mol. The van der Waals surface area contributed by atoms with E-state index in [2.05, 4.69) is 10.2 Å². The van der Waals surface area contributed by atoms with E-state index in [1.165, 1.54) is 11.8 Å². The third-order valence-electron chi connectivity index (χ3n) is 5.10. The van der Waals surface area contributed by atoms with Crippen molar-refractivity contribution < 1.29 is 19.0 Å². The molecule has 8 nitrogen and oxygen atoms in total. The van der Waals surface area contributed by atoms with Gasteiger partial charge in [-0.25, -0.2) is 0 Å². The molecule has 4 rings (SSSR count). The zero-order valence-corrected chi connectivity index (χ0v) is 19.0. The monoisotopic (exact) mass is 454 g/mol. The summed E-state index contributed by atoms with van der Waals surface area (Å²) in [5, 5.41) is 9.44. The highest BCUT2D eigenvalue weighted by Gasteiger charge is 2.23. The number of para-hydroxylation sites is 1. The van der Waals surface area contributed by atoms with Crippen molar-refractivity contribution in [2.75, 3.05) is 39.2 Å². The van der Waals surface area contributed by atoms with E-state index in [0.29, 0.717) is 48.8 Å². The van der Waals surface area contributed by atoms with Crippen LogP contribution in [0.1, 0.15) is 18.9 Å². The normalized spacial score (nSPS) is 14.8. The molecule has 9 heteroatoms. The summed E-state index contributed by atoms with van der Waals surface area (Å²) in [5.41, 5.74) is 0.916. The number of benzene rings is 2. The van der Waals surface area contributed by atoms with Crippen LogP contribution in [0.15, 0.2) is 59.8 Å². The highest BCUT2D eigenvalue weighted by Crippen LogP contribution is 2.28. The van der Waals surface area contributed by atoms with E-state index in [4.69, 9.17) is 14.2 Å². The van der Waals surface area contributed by atoms with Gasteiger partial charge < -0.3 is 19.1 Å². The fourth-order valence-electron chi connectivity index (χ4n) is 3.40. The SMILES string of the molecule is COc1ccc(OC(C)c2nnc(SCC(=O)N3CCOCC3)n2-c2ccccc2)cc1. The molecule has 1 amide bonds. The lowest BCUT2D eigenvalue weighted by atomic mass is 10.3. The number of methoxy groups -OCH3 is 1. The molecule has 0 radical (unpaired) electrons. The van der Waals surface area contributed by atoms with Gasteiger partial charge >= 0.3 is 0 Å². The van der Waals surface area contributed by atoms with Gasteiger partial charge in [-0.1, -0.05) is 30.0 Å². The Balaban J connectivity index is 1.54. The maximum atomic E-state index is 12.6. The van der Waals surface area contributed by atoms with Crippen molar-refractivity contribution in [1.29, 1.82) is 0 Å². The van der Waals surface area contributed by atoms with Gasteiger partial charge in [-0.3, -0.25) is 9.36 Å². The van der Waals surface area contributed by atoms with Crippen molar-refractivity contribution in [3.8, 4) is 17.2 Å². The lowest BCUT2D eigenvalue weighted by Gasteiger charge is -2.26. The molecule has 1 aliphatic heterocycles. The molecule has 1 saturated heterocycles. The van der Waals surface area contributed by atoms with Crippen LogP contribution in [0.25, 0.3) is 5.69 Å². The summed E-state index contributed by atoms with van der Waals surface area (Å²) in [6, 6.07) is 17.3. The Morgan fingerprint density at radius 1 is 1.06 bits per heavy atom. The summed E-state index contributed by atoms with van der Waals surface area (Å²) in [5.74, 6) is 2.50. The van der Waals surface area contributed by atoms with E-state index in [0.717, 1.165) is 11.4 Å². The first-order valence-electron chi connectivity index (χ1n) is 10.5. The number of carbonyl (C=O) groups excluding carboxylic acids is 1.